The van der Waals surface area contributed by atoms with Crippen molar-refractivity contribution in [1.82, 2.24) is 15.0 Å². The monoisotopic (exact) mass is 471 g/mol. The van der Waals surface area contributed by atoms with Crippen molar-refractivity contribution in [2.24, 2.45) is 5.92 Å². The molecule has 0 fully saturated rings. The Morgan fingerprint density at radius 2 is 1.97 bits per heavy atom. The van der Waals surface area contributed by atoms with Crippen LogP contribution >= 0.6 is 11.6 Å². The second-order valence-corrected chi connectivity index (χ2v) is 7.13. The van der Waals surface area contributed by atoms with Gasteiger partial charge in [-0.15, -0.1) is 0 Å². The fraction of sp³-hybridized carbons (Fsp3) is 0.476. The number of nitrogens with zero attached hydrogens (tertiary/aromatic N) is 3. The van der Waals surface area contributed by atoms with Gasteiger partial charge in [0, 0.05) is 31.0 Å². The minimum Gasteiger partial charge on any atom is -0.478 e. The number of anilines is 2. The Hall–Kier alpha value is -2.77. The number of hydrogen-bond donors (Lipinski definition) is 3. The zero-order valence-electron chi connectivity index (χ0n) is 17.8. The first kappa shape index (κ1) is 25.5. The molecule has 0 saturated carbocycles. The van der Waals surface area contributed by atoms with E-state index in [9.17, 15) is 18.3 Å². The molecule has 0 aliphatic heterocycles. The summed E-state index contributed by atoms with van der Waals surface area (Å²) >= 11 is 6.22. The van der Waals surface area contributed by atoms with Gasteiger partial charge in [0.1, 0.15) is 17.9 Å². The Kier molecular flexibility index (Phi) is 9.81. The molecule has 11 heteroatoms. The van der Waals surface area contributed by atoms with Crippen molar-refractivity contribution in [3.8, 4) is 17.7 Å². The zero-order valence-corrected chi connectivity index (χ0v) is 18.5. The van der Waals surface area contributed by atoms with Crippen molar-refractivity contribution in [3.05, 3.63) is 34.6 Å². The lowest BCUT2D eigenvalue weighted by Gasteiger charge is -2.15. The maximum absolute atomic E-state index is 12.5. The van der Waals surface area contributed by atoms with E-state index in [0.717, 1.165) is 6.42 Å². The van der Waals surface area contributed by atoms with Gasteiger partial charge in [0.05, 0.1) is 6.61 Å². The van der Waals surface area contributed by atoms with E-state index in [0.29, 0.717) is 31.0 Å². The highest BCUT2D eigenvalue weighted by molar-refractivity contribution is 6.31. The molecule has 0 saturated heterocycles. The Morgan fingerprint density at radius 1 is 1.19 bits per heavy atom. The third-order valence-electron chi connectivity index (χ3n) is 4.35. The van der Waals surface area contributed by atoms with Gasteiger partial charge >= 0.3 is 6.18 Å². The smallest absolute Gasteiger partial charge is 0.405 e. The Labute approximate surface area is 189 Å². The quantitative estimate of drug-likeness (QED) is 0.354. The Bertz CT molecular complexity index is 926. The molecule has 0 aliphatic carbocycles. The third-order valence-corrected chi connectivity index (χ3v) is 4.63. The average Bonchev–Trinajstić information content (AvgIpc) is 2.75. The number of alkyl halides is 3. The predicted molar refractivity (Wildman–Crippen MR) is 117 cm³/mol. The molecule has 7 nitrogen and oxygen atoms in total. The predicted octanol–water partition coefficient (Wildman–Crippen LogP) is 4.12. The molecule has 174 valence electrons. The second kappa shape index (κ2) is 12.3. The van der Waals surface area contributed by atoms with Crippen LogP contribution in [0.15, 0.2) is 18.3 Å². The van der Waals surface area contributed by atoms with Crippen molar-refractivity contribution >= 4 is 23.4 Å². The molecule has 2 rings (SSSR count). The van der Waals surface area contributed by atoms with Crippen LogP contribution < -0.4 is 15.4 Å². The molecule has 0 spiro atoms. The Morgan fingerprint density at radius 3 is 2.56 bits per heavy atom. The molecule has 0 bridgehead atoms. The highest BCUT2D eigenvalue weighted by atomic mass is 35.5. The summed E-state index contributed by atoms with van der Waals surface area (Å²) in [6, 6.07) is 3.40. The fourth-order valence-electron chi connectivity index (χ4n) is 2.57. The molecule has 2 aromatic heterocycles. The van der Waals surface area contributed by atoms with Crippen LogP contribution in [0.25, 0.3) is 0 Å². The van der Waals surface area contributed by atoms with E-state index in [1.807, 2.05) is 13.8 Å². The van der Waals surface area contributed by atoms with Crippen LogP contribution in [-0.2, 0) is 0 Å². The average molecular weight is 472 g/mol. The summed E-state index contributed by atoms with van der Waals surface area (Å²) in [6.07, 6.45) is -1.47. The van der Waals surface area contributed by atoms with Gasteiger partial charge in [-0.2, -0.15) is 23.1 Å². The first-order valence-corrected chi connectivity index (χ1v) is 10.5. The maximum Gasteiger partial charge on any atom is 0.405 e. The van der Waals surface area contributed by atoms with Crippen LogP contribution in [0.3, 0.4) is 0 Å². The van der Waals surface area contributed by atoms with E-state index in [1.165, 1.54) is 6.20 Å². The van der Waals surface area contributed by atoms with Gasteiger partial charge in [0.15, 0.2) is 5.15 Å². The molecule has 0 radical (unpaired) electrons. The van der Waals surface area contributed by atoms with Gasteiger partial charge in [-0.05, 0) is 25.3 Å². The molecule has 2 aromatic rings. The van der Waals surface area contributed by atoms with E-state index in [4.69, 9.17) is 16.3 Å². The molecule has 1 atom stereocenters. The number of aliphatic hydroxyl groups is 1. The first-order chi connectivity index (χ1) is 15.3. The molecule has 0 aromatic carbocycles. The lowest BCUT2D eigenvalue weighted by molar-refractivity contribution is -0.115. The maximum atomic E-state index is 12.5. The number of hydrogen-bond acceptors (Lipinski definition) is 7. The summed E-state index contributed by atoms with van der Waals surface area (Å²) in [4.78, 5) is 12.1. The van der Waals surface area contributed by atoms with Gasteiger partial charge in [0.2, 0.25) is 11.8 Å². The molecule has 3 N–H and O–H groups in total. The number of nitrogens with one attached hydrogen (secondary N) is 2. The molecule has 0 amide bonds. The molecule has 1 unspecified atom stereocenters. The zero-order chi connectivity index (χ0) is 23.6. The van der Waals surface area contributed by atoms with Gasteiger partial charge in [0.25, 0.3) is 0 Å². The number of halogens is 4. The van der Waals surface area contributed by atoms with Crippen LogP contribution in [0.5, 0.6) is 5.88 Å². The highest BCUT2D eigenvalue weighted by Gasteiger charge is 2.27. The van der Waals surface area contributed by atoms with Crippen LogP contribution in [0, 0.1) is 17.8 Å². The molecule has 32 heavy (non-hydrogen) atoms. The lowest BCUT2D eigenvalue weighted by Crippen LogP contribution is -2.23. The number of rotatable bonds is 10. The van der Waals surface area contributed by atoms with Crippen molar-refractivity contribution < 1.29 is 23.0 Å². The standard InChI is InChI=1S/C21H25ClF3N5O2/c1-3-14(12-31)9-10-26-19-16(7-5-15-6-8-17(27-11-15)32-4-2)18(22)29-20(30-19)28-13-21(23,24)25/h6,8,11,14,31H,3-4,9-10,12-13H2,1-2H3,(H2,26,28,29,30). The topological polar surface area (TPSA) is 92.2 Å². The summed E-state index contributed by atoms with van der Waals surface area (Å²) in [7, 11) is 0. The van der Waals surface area contributed by atoms with Crippen molar-refractivity contribution in [1.29, 1.82) is 0 Å². The molecule has 0 aliphatic rings. The summed E-state index contributed by atoms with van der Waals surface area (Å²) in [5, 5.41) is 14.4. The Balaban J connectivity index is 2.28. The SMILES string of the molecule is CCOc1ccc(C#Cc2c(Cl)nc(NCC(F)(F)F)nc2NCCC(CC)CO)cn1. The second-order valence-electron chi connectivity index (χ2n) is 6.77. The van der Waals surface area contributed by atoms with E-state index in [2.05, 4.69) is 37.4 Å². The van der Waals surface area contributed by atoms with E-state index < -0.39 is 12.7 Å². The largest absolute Gasteiger partial charge is 0.478 e. The number of aliphatic hydroxyl groups excluding tert-OH is 1. The van der Waals surface area contributed by atoms with E-state index >= 15 is 0 Å². The number of pyridine rings is 1. The lowest BCUT2D eigenvalue weighted by atomic mass is 10.0. The van der Waals surface area contributed by atoms with Crippen LogP contribution in [-0.4, -0.2) is 52.5 Å². The van der Waals surface area contributed by atoms with Crippen LogP contribution in [0.2, 0.25) is 5.15 Å². The van der Waals surface area contributed by atoms with Crippen LogP contribution in [0.1, 0.15) is 37.8 Å². The van der Waals surface area contributed by atoms with Crippen LogP contribution in [0.4, 0.5) is 24.9 Å². The summed E-state index contributed by atoms with van der Waals surface area (Å²) < 4.78 is 42.9. The van der Waals surface area contributed by atoms with E-state index in [1.54, 1.807) is 12.1 Å². The molecular formula is C21H25ClF3N5O2. The minimum atomic E-state index is -4.43. The normalized spacial score (nSPS) is 12.0. The van der Waals surface area contributed by atoms with E-state index in [-0.39, 0.29) is 35.0 Å². The summed E-state index contributed by atoms with van der Waals surface area (Å²) in [6.45, 7) is 3.46. The first-order valence-electron chi connectivity index (χ1n) is 10.1. The van der Waals surface area contributed by atoms with Gasteiger partial charge in [-0.3, -0.25) is 0 Å². The summed E-state index contributed by atoms with van der Waals surface area (Å²) in [5.41, 5.74) is 0.830. The molecular weight excluding hydrogens is 447 g/mol. The summed E-state index contributed by atoms with van der Waals surface area (Å²) in [5.74, 6) is 6.26. The van der Waals surface area contributed by atoms with Crippen molar-refractivity contribution in [3.63, 3.8) is 0 Å². The van der Waals surface area contributed by atoms with Crippen molar-refractivity contribution in [2.75, 3.05) is 36.9 Å². The third kappa shape index (κ3) is 8.40. The number of aromatic nitrogens is 3. The molecule has 2 heterocycles. The number of ether oxygens (including phenoxy) is 1. The van der Waals surface area contributed by atoms with Gasteiger partial charge in [-0.25, -0.2) is 4.98 Å². The fourth-order valence-corrected chi connectivity index (χ4v) is 2.79. The minimum absolute atomic E-state index is 0.0402. The van der Waals surface area contributed by atoms with Gasteiger partial charge in [-0.1, -0.05) is 36.8 Å². The highest BCUT2D eigenvalue weighted by Crippen LogP contribution is 2.24. The van der Waals surface area contributed by atoms with Gasteiger partial charge < -0.3 is 20.5 Å². The van der Waals surface area contributed by atoms with Crippen molar-refractivity contribution in [2.45, 2.75) is 32.9 Å².